The first-order valence-corrected chi connectivity index (χ1v) is 6.68. The zero-order valence-electron chi connectivity index (χ0n) is 11.9. The van der Waals surface area contributed by atoms with E-state index in [1.807, 2.05) is 19.1 Å². The molecule has 0 radical (unpaired) electrons. The molecule has 0 bridgehead atoms. The van der Waals surface area contributed by atoms with E-state index in [-0.39, 0.29) is 11.5 Å². The van der Waals surface area contributed by atoms with Crippen LogP contribution in [0.25, 0.3) is 5.69 Å². The summed E-state index contributed by atoms with van der Waals surface area (Å²) in [6, 6.07) is 11.0. The molecule has 112 valence electrons. The number of nitrogens with zero attached hydrogens (tertiary/aromatic N) is 4. The Morgan fingerprint density at radius 1 is 1.14 bits per heavy atom. The molecule has 0 aliphatic rings. The molecule has 0 aliphatic heterocycles. The van der Waals surface area contributed by atoms with Crippen molar-refractivity contribution >= 4 is 5.69 Å². The minimum atomic E-state index is -0.388. The number of aryl methyl sites for hydroxylation is 1. The summed E-state index contributed by atoms with van der Waals surface area (Å²) in [6.45, 7) is 2.19. The molecule has 0 unspecified atom stereocenters. The summed E-state index contributed by atoms with van der Waals surface area (Å²) in [4.78, 5) is 12.3. The first-order valence-electron chi connectivity index (χ1n) is 6.68. The Kier molecular flexibility index (Phi) is 3.46. The molecule has 0 saturated heterocycles. The minimum absolute atomic E-state index is 0.293. The van der Waals surface area contributed by atoms with Gasteiger partial charge in [-0.2, -0.15) is 9.36 Å². The first kappa shape index (κ1) is 14.0. The monoisotopic (exact) mass is 299 g/mol. The van der Waals surface area contributed by atoms with Crippen LogP contribution in [0.2, 0.25) is 0 Å². The average Bonchev–Trinajstić information content (AvgIpc) is 2.85. The van der Waals surface area contributed by atoms with Crippen LogP contribution in [0.3, 0.4) is 0 Å². The molecule has 0 saturated carbocycles. The second kappa shape index (κ2) is 5.44. The standard InChI is InChI=1S/C15H14FN5O/c1-10-8-11(2-7-14(10)17)9-20-15(22)21(19-18-20)13-5-3-12(16)4-6-13/h2-8H,9,17H2,1H3. The van der Waals surface area contributed by atoms with E-state index in [4.69, 9.17) is 5.73 Å². The van der Waals surface area contributed by atoms with Crippen molar-refractivity contribution in [2.45, 2.75) is 13.5 Å². The van der Waals surface area contributed by atoms with E-state index in [0.717, 1.165) is 15.8 Å². The fraction of sp³-hybridized carbons (Fsp3) is 0.133. The third-order valence-corrected chi connectivity index (χ3v) is 3.38. The predicted octanol–water partition coefficient (Wildman–Crippen LogP) is 1.51. The van der Waals surface area contributed by atoms with Gasteiger partial charge in [-0.1, -0.05) is 12.1 Å². The number of nitrogens with two attached hydrogens (primary N) is 1. The van der Waals surface area contributed by atoms with Crippen LogP contribution in [0.5, 0.6) is 0 Å². The highest BCUT2D eigenvalue weighted by atomic mass is 19.1. The summed E-state index contributed by atoms with van der Waals surface area (Å²) in [5, 5.41) is 7.68. The summed E-state index contributed by atoms with van der Waals surface area (Å²) >= 11 is 0. The molecule has 1 heterocycles. The number of aromatic nitrogens is 4. The van der Waals surface area contributed by atoms with Gasteiger partial charge >= 0.3 is 5.69 Å². The number of rotatable bonds is 3. The van der Waals surface area contributed by atoms with Gasteiger partial charge < -0.3 is 5.73 Å². The van der Waals surface area contributed by atoms with E-state index >= 15 is 0 Å². The van der Waals surface area contributed by atoms with Crippen LogP contribution in [-0.4, -0.2) is 19.8 Å². The van der Waals surface area contributed by atoms with Crippen molar-refractivity contribution in [3.63, 3.8) is 0 Å². The lowest BCUT2D eigenvalue weighted by atomic mass is 10.1. The summed E-state index contributed by atoms with van der Waals surface area (Å²) in [6.07, 6.45) is 0. The van der Waals surface area contributed by atoms with Crippen molar-refractivity contribution in [1.29, 1.82) is 0 Å². The Morgan fingerprint density at radius 2 is 1.86 bits per heavy atom. The van der Waals surface area contributed by atoms with Crippen LogP contribution in [0.15, 0.2) is 47.3 Å². The summed E-state index contributed by atoms with van der Waals surface area (Å²) < 4.78 is 15.3. The highest BCUT2D eigenvalue weighted by molar-refractivity contribution is 5.47. The maximum absolute atomic E-state index is 12.9. The van der Waals surface area contributed by atoms with Gasteiger partial charge in [0.15, 0.2) is 0 Å². The van der Waals surface area contributed by atoms with Crippen molar-refractivity contribution in [2.75, 3.05) is 5.73 Å². The Labute approximate surface area is 125 Å². The van der Waals surface area contributed by atoms with Gasteiger partial charge in [0, 0.05) is 5.69 Å². The lowest BCUT2D eigenvalue weighted by molar-refractivity contribution is 0.626. The Morgan fingerprint density at radius 3 is 2.55 bits per heavy atom. The molecule has 0 atom stereocenters. The maximum atomic E-state index is 12.9. The van der Waals surface area contributed by atoms with Crippen LogP contribution in [0.1, 0.15) is 11.1 Å². The van der Waals surface area contributed by atoms with Gasteiger partial charge in [0.1, 0.15) is 5.82 Å². The fourth-order valence-electron chi connectivity index (χ4n) is 2.13. The van der Waals surface area contributed by atoms with E-state index < -0.39 is 0 Å². The quantitative estimate of drug-likeness (QED) is 0.743. The molecule has 22 heavy (non-hydrogen) atoms. The highest BCUT2D eigenvalue weighted by Gasteiger charge is 2.09. The lowest BCUT2D eigenvalue weighted by Crippen LogP contribution is -2.24. The molecule has 3 rings (SSSR count). The van der Waals surface area contributed by atoms with Gasteiger partial charge in [-0.25, -0.2) is 9.18 Å². The van der Waals surface area contributed by atoms with E-state index in [1.54, 1.807) is 6.07 Å². The van der Waals surface area contributed by atoms with Crippen molar-refractivity contribution in [3.05, 3.63) is 69.9 Å². The normalized spacial score (nSPS) is 10.8. The number of hydrogen-bond acceptors (Lipinski definition) is 4. The molecule has 0 spiro atoms. The van der Waals surface area contributed by atoms with Crippen molar-refractivity contribution in [3.8, 4) is 5.69 Å². The van der Waals surface area contributed by atoms with E-state index in [1.165, 1.54) is 28.9 Å². The smallest absolute Gasteiger partial charge is 0.368 e. The summed E-state index contributed by atoms with van der Waals surface area (Å²) in [5.74, 6) is -0.374. The van der Waals surface area contributed by atoms with Crippen LogP contribution in [0.4, 0.5) is 10.1 Å². The van der Waals surface area contributed by atoms with E-state index in [2.05, 4.69) is 10.4 Å². The molecule has 6 nitrogen and oxygen atoms in total. The number of hydrogen-bond donors (Lipinski definition) is 1. The molecule has 0 aliphatic carbocycles. The van der Waals surface area contributed by atoms with Crippen LogP contribution >= 0.6 is 0 Å². The number of benzene rings is 2. The maximum Gasteiger partial charge on any atom is 0.368 e. The minimum Gasteiger partial charge on any atom is -0.399 e. The first-order chi connectivity index (χ1) is 10.5. The molecule has 0 fully saturated rings. The molecular formula is C15H14FN5O. The van der Waals surface area contributed by atoms with Gasteiger partial charge in [0.25, 0.3) is 0 Å². The summed E-state index contributed by atoms with van der Waals surface area (Å²) in [7, 11) is 0. The summed E-state index contributed by atoms with van der Waals surface area (Å²) in [5.41, 5.74) is 8.39. The molecule has 2 aromatic carbocycles. The third kappa shape index (κ3) is 2.60. The van der Waals surface area contributed by atoms with Gasteiger partial charge in [0.2, 0.25) is 0 Å². The van der Waals surface area contributed by atoms with Crippen molar-refractivity contribution in [1.82, 2.24) is 19.8 Å². The Bertz CT molecular complexity index is 866. The fourth-order valence-corrected chi connectivity index (χ4v) is 2.13. The number of halogens is 1. The SMILES string of the molecule is Cc1cc(Cn2nnn(-c3ccc(F)cc3)c2=O)ccc1N. The molecule has 0 amide bonds. The molecular weight excluding hydrogens is 285 g/mol. The van der Waals surface area contributed by atoms with E-state index in [9.17, 15) is 9.18 Å². The van der Waals surface area contributed by atoms with Crippen LogP contribution in [0, 0.1) is 12.7 Å². The molecule has 7 heteroatoms. The van der Waals surface area contributed by atoms with Crippen molar-refractivity contribution in [2.24, 2.45) is 0 Å². The number of tetrazole rings is 1. The van der Waals surface area contributed by atoms with Gasteiger partial charge in [-0.05, 0) is 58.8 Å². The van der Waals surface area contributed by atoms with Gasteiger partial charge in [-0.3, -0.25) is 0 Å². The number of anilines is 1. The molecule has 2 N–H and O–H groups in total. The lowest BCUT2D eigenvalue weighted by Gasteiger charge is -2.04. The zero-order valence-corrected chi connectivity index (χ0v) is 11.9. The zero-order chi connectivity index (χ0) is 15.7. The predicted molar refractivity (Wildman–Crippen MR) is 80.3 cm³/mol. The highest BCUT2D eigenvalue weighted by Crippen LogP contribution is 2.13. The second-order valence-electron chi connectivity index (χ2n) is 5.00. The largest absolute Gasteiger partial charge is 0.399 e. The molecule has 1 aromatic heterocycles. The van der Waals surface area contributed by atoms with Crippen LogP contribution < -0.4 is 11.4 Å². The second-order valence-corrected chi connectivity index (χ2v) is 5.00. The topological polar surface area (TPSA) is 78.7 Å². The van der Waals surface area contributed by atoms with Gasteiger partial charge in [0.05, 0.1) is 12.2 Å². The van der Waals surface area contributed by atoms with Gasteiger partial charge in [-0.15, -0.1) is 0 Å². The molecule has 3 aromatic rings. The number of nitrogen functional groups attached to an aromatic ring is 1. The third-order valence-electron chi connectivity index (χ3n) is 3.38. The average molecular weight is 299 g/mol. The van der Waals surface area contributed by atoms with E-state index in [0.29, 0.717) is 17.9 Å². The van der Waals surface area contributed by atoms with Crippen molar-refractivity contribution < 1.29 is 4.39 Å². The van der Waals surface area contributed by atoms with Crippen LogP contribution in [-0.2, 0) is 6.54 Å². The Balaban J connectivity index is 1.92. The Hall–Kier alpha value is -2.96.